The lowest BCUT2D eigenvalue weighted by molar-refractivity contribution is -0.135. The van der Waals surface area contributed by atoms with Gasteiger partial charge in [-0.1, -0.05) is 80.6 Å². The number of fused-ring (bicyclic) bond motifs is 1. The fraction of sp³-hybridized carbons (Fsp3) is 0.209. The van der Waals surface area contributed by atoms with Crippen molar-refractivity contribution in [1.29, 1.82) is 0 Å². The summed E-state index contributed by atoms with van der Waals surface area (Å²) in [7, 11) is -2.50. The number of H-pyrrole nitrogens is 2. The zero-order chi connectivity index (χ0) is 39.0. The minimum Gasteiger partial charge on any atom is -0.453 e. The number of benzene rings is 4. The predicted octanol–water partition coefficient (Wildman–Crippen LogP) is 8.04. The standard InChI is InChI=1S/C43H41N7O5S/c1-27(2)39(48-43(52)55-3)42(51)49-21-7-11-37(49)40-44-26-36(47-40)33-20-19-31-23-30(17-18-32(31)24-33)28-13-15-29(16-14-28)35-25-45-41(46-35)38-12-8-22-50(38)56(53,54)34-9-5-4-6-10-34/h4-6,8-10,12-20,22-27,37,39H,7,11,21H2,1-3H3,(H,44,47)(H,45,46)(H,48,52). The van der Waals surface area contributed by atoms with Crippen LogP contribution in [0.2, 0.25) is 0 Å². The highest BCUT2D eigenvalue weighted by Gasteiger charge is 2.37. The summed E-state index contributed by atoms with van der Waals surface area (Å²) in [6.45, 7) is 4.40. The zero-order valence-corrected chi connectivity index (χ0v) is 32.0. The first-order valence-electron chi connectivity index (χ1n) is 18.5. The molecule has 3 N–H and O–H groups in total. The number of methoxy groups -OCH3 is 1. The first-order valence-corrected chi connectivity index (χ1v) is 19.9. The van der Waals surface area contributed by atoms with E-state index in [9.17, 15) is 18.0 Å². The van der Waals surface area contributed by atoms with Crippen molar-refractivity contribution in [2.24, 2.45) is 5.92 Å². The van der Waals surface area contributed by atoms with Crippen molar-refractivity contribution in [1.82, 2.24) is 34.1 Å². The molecule has 1 fully saturated rings. The van der Waals surface area contributed by atoms with Gasteiger partial charge in [0.1, 0.15) is 11.9 Å². The maximum Gasteiger partial charge on any atom is 0.407 e. The fourth-order valence-electron chi connectivity index (χ4n) is 7.34. The van der Waals surface area contributed by atoms with E-state index in [0.29, 0.717) is 18.1 Å². The van der Waals surface area contributed by atoms with Gasteiger partial charge in [-0.2, -0.15) is 0 Å². The molecular weight excluding hydrogens is 727 g/mol. The molecule has 3 aromatic heterocycles. The van der Waals surface area contributed by atoms with Crippen LogP contribution in [0, 0.1) is 5.92 Å². The number of aromatic nitrogens is 5. The number of likely N-dealkylation sites (tertiary alicyclic amines) is 1. The van der Waals surface area contributed by atoms with E-state index in [2.05, 4.69) is 68.8 Å². The molecule has 2 atom stereocenters. The summed E-state index contributed by atoms with van der Waals surface area (Å²) in [5.41, 5.74) is 6.11. The van der Waals surface area contributed by atoms with Crippen molar-refractivity contribution >= 4 is 32.8 Å². The van der Waals surface area contributed by atoms with Gasteiger partial charge in [-0.3, -0.25) is 4.79 Å². The molecule has 0 saturated carbocycles. The van der Waals surface area contributed by atoms with Crippen LogP contribution in [0.3, 0.4) is 0 Å². The first kappa shape index (κ1) is 36.5. The number of imidazole rings is 2. The van der Waals surface area contributed by atoms with Crippen LogP contribution in [0.25, 0.3) is 55.9 Å². The highest BCUT2D eigenvalue weighted by Crippen LogP contribution is 2.34. The third kappa shape index (κ3) is 6.97. The lowest BCUT2D eigenvalue weighted by Crippen LogP contribution is -2.51. The number of ether oxygens (including phenoxy) is 1. The monoisotopic (exact) mass is 767 g/mol. The van der Waals surface area contributed by atoms with Crippen molar-refractivity contribution < 1.29 is 22.7 Å². The molecule has 56 heavy (non-hydrogen) atoms. The summed E-state index contributed by atoms with van der Waals surface area (Å²) in [5.74, 6) is 0.930. The number of carbonyl (C=O) groups is 2. The maximum absolute atomic E-state index is 13.6. The largest absolute Gasteiger partial charge is 0.453 e. The Morgan fingerprint density at radius 3 is 2.20 bits per heavy atom. The van der Waals surface area contributed by atoms with Crippen molar-refractivity contribution in [3.8, 4) is 45.2 Å². The van der Waals surface area contributed by atoms with E-state index >= 15 is 0 Å². The third-order valence-electron chi connectivity index (χ3n) is 10.4. The molecule has 1 aliphatic rings. The Labute approximate surface area is 324 Å². The van der Waals surface area contributed by atoms with Crippen LogP contribution in [-0.2, 0) is 19.6 Å². The van der Waals surface area contributed by atoms with Gasteiger partial charge >= 0.3 is 6.09 Å². The van der Waals surface area contributed by atoms with Gasteiger partial charge in [-0.25, -0.2) is 27.2 Å². The molecule has 13 heteroatoms. The van der Waals surface area contributed by atoms with Crippen LogP contribution < -0.4 is 5.32 Å². The van der Waals surface area contributed by atoms with E-state index in [1.165, 1.54) is 17.3 Å². The molecule has 12 nitrogen and oxygen atoms in total. The molecule has 0 spiro atoms. The molecular formula is C43H41N7O5S. The minimum atomic E-state index is -3.79. The Hall–Kier alpha value is -6.47. The average Bonchev–Trinajstić information content (AvgIpc) is 4.06. The summed E-state index contributed by atoms with van der Waals surface area (Å²) in [4.78, 5) is 43.5. The van der Waals surface area contributed by atoms with Crippen LogP contribution in [-0.4, -0.2) is 68.9 Å². The SMILES string of the molecule is COC(=O)NC(C(=O)N1CCCC1c1ncc(-c2ccc3cc(-c4ccc(-c5cnc(-c6cccn6S(=O)(=O)c6ccccc6)[nH]5)cc4)ccc3c2)[nH]1)C(C)C. The zero-order valence-electron chi connectivity index (χ0n) is 31.1. The predicted molar refractivity (Wildman–Crippen MR) is 215 cm³/mol. The topological polar surface area (TPSA) is 155 Å². The van der Waals surface area contributed by atoms with E-state index in [1.807, 2.05) is 37.1 Å². The van der Waals surface area contributed by atoms with Crippen molar-refractivity contribution in [2.75, 3.05) is 13.7 Å². The molecule has 0 bridgehead atoms. The molecule has 2 amide bonds. The van der Waals surface area contributed by atoms with E-state index < -0.39 is 22.2 Å². The molecule has 4 aromatic carbocycles. The van der Waals surface area contributed by atoms with Crippen LogP contribution in [0.5, 0.6) is 0 Å². The normalized spacial score (nSPS) is 15.0. The Balaban J connectivity index is 0.971. The molecule has 1 aliphatic heterocycles. The maximum atomic E-state index is 13.6. The van der Waals surface area contributed by atoms with Gasteiger partial charge in [0.2, 0.25) is 5.91 Å². The Bertz CT molecular complexity index is 2650. The Morgan fingerprint density at radius 2 is 1.46 bits per heavy atom. The van der Waals surface area contributed by atoms with Crippen molar-refractivity contribution in [3.63, 3.8) is 0 Å². The van der Waals surface area contributed by atoms with Crippen LogP contribution >= 0.6 is 0 Å². The average molecular weight is 768 g/mol. The van der Waals surface area contributed by atoms with Gasteiger partial charge in [0.05, 0.1) is 47.5 Å². The quantitative estimate of drug-likeness (QED) is 0.127. The highest BCUT2D eigenvalue weighted by molar-refractivity contribution is 7.90. The van der Waals surface area contributed by atoms with Crippen LogP contribution in [0.4, 0.5) is 4.79 Å². The second-order valence-corrected chi connectivity index (χ2v) is 16.1. The number of nitrogens with zero attached hydrogens (tertiary/aromatic N) is 4. The molecule has 1 saturated heterocycles. The molecule has 8 rings (SSSR count). The van der Waals surface area contributed by atoms with Crippen molar-refractivity contribution in [3.05, 3.63) is 128 Å². The van der Waals surface area contributed by atoms with Crippen molar-refractivity contribution in [2.45, 2.75) is 43.7 Å². The van der Waals surface area contributed by atoms with E-state index in [4.69, 9.17) is 9.72 Å². The molecule has 2 unspecified atom stereocenters. The molecule has 284 valence electrons. The summed E-state index contributed by atoms with van der Waals surface area (Å²) in [6, 6.07) is 31.7. The van der Waals surface area contributed by atoms with Gasteiger partial charge in [0.25, 0.3) is 10.0 Å². The third-order valence-corrected chi connectivity index (χ3v) is 12.1. The van der Waals surface area contributed by atoms with Gasteiger partial charge in [0.15, 0.2) is 5.82 Å². The molecule has 7 aromatic rings. The number of nitrogens with one attached hydrogen (secondary N) is 3. The summed E-state index contributed by atoms with van der Waals surface area (Å²) in [5, 5.41) is 4.87. The molecule has 0 aliphatic carbocycles. The summed E-state index contributed by atoms with van der Waals surface area (Å²) < 4.78 is 32.7. The number of hydrogen-bond donors (Lipinski definition) is 3. The summed E-state index contributed by atoms with van der Waals surface area (Å²) >= 11 is 0. The van der Waals surface area contributed by atoms with Crippen LogP contribution in [0.1, 0.15) is 38.6 Å². The Kier molecular flexibility index (Phi) is 9.77. The smallest absolute Gasteiger partial charge is 0.407 e. The Morgan fingerprint density at radius 1 is 0.804 bits per heavy atom. The van der Waals surface area contributed by atoms with E-state index in [-0.39, 0.29) is 22.8 Å². The lowest BCUT2D eigenvalue weighted by atomic mass is 9.98. The van der Waals surface area contributed by atoms with E-state index in [0.717, 1.165) is 63.1 Å². The summed E-state index contributed by atoms with van der Waals surface area (Å²) in [6.07, 6.45) is 6.05. The molecule has 0 radical (unpaired) electrons. The lowest BCUT2D eigenvalue weighted by Gasteiger charge is -2.30. The fourth-order valence-corrected chi connectivity index (χ4v) is 8.71. The number of rotatable bonds is 10. The van der Waals surface area contributed by atoms with Gasteiger partial charge < -0.3 is 24.9 Å². The number of amides is 2. The van der Waals surface area contributed by atoms with Crippen LogP contribution in [0.15, 0.2) is 127 Å². The number of alkyl carbamates (subject to hydrolysis) is 1. The van der Waals surface area contributed by atoms with Gasteiger partial charge in [-0.05, 0) is 82.6 Å². The second kappa shape index (κ2) is 15.0. The first-order chi connectivity index (χ1) is 27.1. The van der Waals surface area contributed by atoms with Gasteiger partial charge in [0, 0.05) is 18.3 Å². The molecule has 4 heterocycles. The number of aromatic amines is 2. The minimum absolute atomic E-state index is 0.107. The second-order valence-electron chi connectivity index (χ2n) is 14.2. The highest BCUT2D eigenvalue weighted by atomic mass is 32.2. The van der Waals surface area contributed by atoms with Gasteiger partial charge in [-0.15, -0.1) is 0 Å². The number of hydrogen-bond acceptors (Lipinski definition) is 7. The number of carbonyl (C=O) groups excluding carboxylic acids is 2. The van der Waals surface area contributed by atoms with E-state index in [1.54, 1.807) is 48.7 Å².